The van der Waals surface area contributed by atoms with Crippen LogP contribution in [0, 0.1) is 23.4 Å². The van der Waals surface area contributed by atoms with Crippen molar-refractivity contribution in [2.45, 2.75) is 24.3 Å². The number of fused-ring (bicyclic) bond motifs is 1. The van der Waals surface area contributed by atoms with E-state index in [0.29, 0.717) is 34.5 Å². The molecule has 182 valence electrons. The van der Waals surface area contributed by atoms with Crippen molar-refractivity contribution in [2.24, 2.45) is 11.1 Å². The lowest BCUT2D eigenvalue weighted by Gasteiger charge is -2.42. The molecule has 2 aliphatic rings. The highest BCUT2D eigenvalue weighted by Crippen LogP contribution is 2.38. The van der Waals surface area contributed by atoms with Crippen LogP contribution in [0.1, 0.15) is 12.5 Å². The summed E-state index contributed by atoms with van der Waals surface area (Å²) >= 11 is 0. The van der Waals surface area contributed by atoms with Gasteiger partial charge < -0.3 is 9.80 Å². The average Bonchev–Trinajstić information content (AvgIpc) is 3.07. The zero-order valence-electron chi connectivity index (χ0n) is 18.7. The fourth-order valence-corrected chi connectivity index (χ4v) is 5.43. The number of benzene rings is 3. The van der Waals surface area contributed by atoms with Crippen LogP contribution in [-0.4, -0.2) is 33.5 Å². The Morgan fingerprint density at radius 2 is 1.66 bits per heavy atom. The van der Waals surface area contributed by atoms with Gasteiger partial charge in [-0.2, -0.15) is 0 Å². The molecule has 10 heteroatoms. The zero-order chi connectivity index (χ0) is 25.1. The largest absolute Gasteiger partial charge is 0.367 e. The highest BCUT2D eigenvalue weighted by Gasteiger charge is 2.41. The Labute approximate surface area is 200 Å². The van der Waals surface area contributed by atoms with Crippen molar-refractivity contribution in [1.82, 2.24) is 0 Å². The van der Waals surface area contributed by atoms with Gasteiger partial charge in [-0.3, -0.25) is 4.79 Å². The van der Waals surface area contributed by atoms with E-state index in [1.807, 2.05) is 0 Å². The Morgan fingerprint density at radius 1 is 0.943 bits per heavy atom. The second kappa shape index (κ2) is 8.39. The molecule has 1 fully saturated rings. The molecule has 3 aromatic rings. The van der Waals surface area contributed by atoms with E-state index in [0.717, 1.165) is 12.1 Å². The van der Waals surface area contributed by atoms with Crippen molar-refractivity contribution in [3.05, 3.63) is 77.6 Å². The zero-order valence-corrected chi connectivity index (χ0v) is 19.5. The highest BCUT2D eigenvalue weighted by molar-refractivity contribution is 7.89. The summed E-state index contributed by atoms with van der Waals surface area (Å²) in [6.07, 6.45) is 0.380. The lowest BCUT2D eigenvalue weighted by molar-refractivity contribution is -0.123. The number of hydrogen-bond acceptors (Lipinski definition) is 4. The van der Waals surface area contributed by atoms with Crippen LogP contribution in [0.4, 0.5) is 24.5 Å². The Hall–Kier alpha value is -3.37. The van der Waals surface area contributed by atoms with Crippen molar-refractivity contribution >= 4 is 27.3 Å². The molecule has 0 aromatic heterocycles. The van der Waals surface area contributed by atoms with E-state index in [9.17, 15) is 26.4 Å². The summed E-state index contributed by atoms with van der Waals surface area (Å²) in [5.74, 6) is -2.61. The molecule has 0 aliphatic carbocycles. The molecule has 6 nitrogen and oxygen atoms in total. The molecule has 0 spiro atoms. The minimum Gasteiger partial charge on any atom is -0.367 e. The number of carbonyl (C=O) groups is 1. The first-order valence-corrected chi connectivity index (χ1v) is 12.6. The van der Waals surface area contributed by atoms with Gasteiger partial charge in [0.15, 0.2) is 0 Å². The first kappa shape index (κ1) is 23.4. The third-order valence-corrected chi connectivity index (χ3v) is 7.52. The standard InChI is InChI=1S/C25H22F3N3O3S/c1-14-8-16-10-21(28)24(35(29,33)34)11-23(16)31(14)25(32)17-12-30(13-17)22-7-6-15(9-20(22)27)18-4-2-3-5-19(18)26/h2-7,9-11,14,17H,8,12-13H2,1H3,(H2,29,33,34)/t14-/m1/s1. The number of hydrogen-bond donors (Lipinski definition) is 1. The molecule has 5 rings (SSSR count). The summed E-state index contributed by atoms with van der Waals surface area (Å²) in [6.45, 7) is 2.32. The smallest absolute Gasteiger partial charge is 0.241 e. The maximum atomic E-state index is 14.9. The lowest BCUT2D eigenvalue weighted by Crippen LogP contribution is -2.56. The van der Waals surface area contributed by atoms with E-state index < -0.39 is 38.3 Å². The molecule has 2 heterocycles. The third-order valence-electron chi connectivity index (χ3n) is 6.60. The van der Waals surface area contributed by atoms with Crippen LogP contribution in [0.15, 0.2) is 59.5 Å². The molecule has 1 atom stereocenters. The third kappa shape index (κ3) is 4.06. The van der Waals surface area contributed by atoms with E-state index in [-0.39, 0.29) is 25.0 Å². The van der Waals surface area contributed by atoms with Crippen molar-refractivity contribution in [3.63, 3.8) is 0 Å². The van der Waals surface area contributed by atoms with Gasteiger partial charge in [0.1, 0.15) is 22.3 Å². The molecule has 1 amide bonds. The summed E-state index contributed by atoms with van der Waals surface area (Å²) in [5, 5.41) is 5.12. The van der Waals surface area contributed by atoms with Gasteiger partial charge >= 0.3 is 0 Å². The maximum absolute atomic E-state index is 14.9. The molecule has 2 aliphatic heterocycles. The van der Waals surface area contributed by atoms with Gasteiger partial charge in [-0.1, -0.05) is 24.3 Å². The van der Waals surface area contributed by atoms with Crippen molar-refractivity contribution in [1.29, 1.82) is 0 Å². The lowest BCUT2D eigenvalue weighted by atomic mass is 9.96. The summed E-state index contributed by atoms with van der Waals surface area (Å²) in [4.78, 5) is 15.8. The first-order valence-electron chi connectivity index (χ1n) is 11.0. The van der Waals surface area contributed by atoms with Gasteiger partial charge in [0.25, 0.3) is 0 Å². The number of anilines is 2. The van der Waals surface area contributed by atoms with Crippen molar-refractivity contribution in [2.75, 3.05) is 22.9 Å². The normalized spacial score (nSPS) is 17.9. The van der Waals surface area contributed by atoms with Crippen LogP contribution in [0.5, 0.6) is 0 Å². The SMILES string of the molecule is C[C@@H]1Cc2cc(F)c(S(N)(=O)=O)cc2N1C(=O)C1CN(c2ccc(-c3ccccc3F)cc2F)C1. The fraction of sp³-hybridized carbons (Fsp3) is 0.240. The number of amides is 1. The minimum atomic E-state index is -4.30. The van der Waals surface area contributed by atoms with Crippen LogP contribution in [0.25, 0.3) is 11.1 Å². The second-order valence-electron chi connectivity index (χ2n) is 8.97. The topological polar surface area (TPSA) is 83.7 Å². The molecule has 2 N–H and O–H groups in total. The molecular weight excluding hydrogens is 479 g/mol. The van der Waals surface area contributed by atoms with E-state index in [1.54, 1.807) is 42.2 Å². The van der Waals surface area contributed by atoms with E-state index in [2.05, 4.69) is 0 Å². The van der Waals surface area contributed by atoms with Gasteiger partial charge in [-0.25, -0.2) is 26.7 Å². The number of rotatable bonds is 4. The summed E-state index contributed by atoms with van der Waals surface area (Å²) in [6, 6.07) is 12.5. The summed E-state index contributed by atoms with van der Waals surface area (Å²) in [7, 11) is -4.30. The average molecular weight is 502 g/mol. The van der Waals surface area contributed by atoms with E-state index in [4.69, 9.17) is 5.14 Å². The van der Waals surface area contributed by atoms with Crippen molar-refractivity contribution < 1.29 is 26.4 Å². The monoisotopic (exact) mass is 501 g/mol. The van der Waals surface area contributed by atoms with Gasteiger partial charge in [0.05, 0.1) is 11.6 Å². The van der Waals surface area contributed by atoms with Crippen LogP contribution < -0.4 is 14.9 Å². The van der Waals surface area contributed by atoms with Crippen LogP contribution in [0.3, 0.4) is 0 Å². The molecule has 0 radical (unpaired) electrons. The number of carbonyl (C=O) groups excluding carboxylic acids is 1. The summed E-state index contributed by atoms with van der Waals surface area (Å²) in [5.41, 5.74) is 1.88. The second-order valence-corrected chi connectivity index (χ2v) is 10.5. The van der Waals surface area contributed by atoms with E-state index in [1.165, 1.54) is 17.0 Å². The predicted octanol–water partition coefficient (Wildman–Crippen LogP) is 3.83. The first-order chi connectivity index (χ1) is 16.5. The van der Waals surface area contributed by atoms with Gasteiger partial charge in [-0.15, -0.1) is 0 Å². The molecule has 0 saturated carbocycles. The number of halogens is 3. The number of nitrogens with two attached hydrogens (primary N) is 1. The maximum Gasteiger partial charge on any atom is 0.241 e. The highest BCUT2D eigenvalue weighted by atomic mass is 32.2. The molecule has 1 saturated heterocycles. The van der Waals surface area contributed by atoms with Crippen LogP contribution in [-0.2, 0) is 21.2 Å². The number of sulfonamides is 1. The molecule has 0 unspecified atom stereocenters. The Bertz CT molecular complexity index is 1460. The molecular formula is C25H22F3N3O3S. The summed E-state index contributed by atoms with van der Waals surface area (Å²) < 4.78 is 66.6. The molecule has 35 heavy (non-hydrogen) atoms. The van der Waals surface area contributed by atoms with Crippen LogP contribution in [0.2, 0.25) is 0 Å². The van der Waals surface area contributed by atoms with Gasteiger partial charge in [0, 0.05) is 30.4 Å². The predicted molar refractivity (Wildman–Crippen MR) is 126 cm³/mol. The Balaban J connectivity index is 1.34. The van der Waals surface area contributed by atoms with Gasteiger partial charge in [0.2, 0.25) is 15.9 Å². The number of nitrogens with zero attached hydrogens (tertiary/aromatic N) is 2. The van der Waals surface area contributed by atoms with E-state index >= 15 is 0 Å². The Kier molecular flexibility index (Phi) is 5.60. The fourth-order valence-electron chi connectivity index (χ4n) is 4.83. The molecule has 3 aromatic carbocycles. The molecule has 0 bridgehead atoms. The van der Waals surface area contributed by atoms with Crippen LogP contribution >= 0.6 is 0 Å². The van der Waals surface area contributed by atoms with Gasteiger partial charge in [-0.05, 0) is 54.8 Å². The quantitative estimate of drug-likeness (QED) is 0.589. The minimum absolute atomic E-state index is 0.247. The van der Waals surface area contributed by atoms with Crippen molar-refractivity contribution in [3.8, 4) is 11.1 Å². The Morgan fingerprint density at radius 3 is 2.31 bits per heavy atom. The number of primary sulfonamides is 1.